The predicted octanol–water partition coefficient (Wildman–Crippen LogP) is 5.55. The number of nitriles is 1. The maximum atomic E-state index is 9.13. The molecule has 0 spiro atoms. The summed E-state index contributed by atoms with van der Waals surface area (Å²) in [5.74, 6) is 0.671. The van der Waals surface area contributed by atoms with Crippen LogP contribution >= 0.6 is 35.0 Å². The molecule has 0 radical (unpaired) electrons. The second-order valence-electron chi connectivity index (χ2n) is 5.47. The van der Waals surface area contributed by atoms with E-state index in [9.17, 15) is 0 Å². The van der Waals surface area contributed by atoms with Crippen LogP contribution in [0.3, 0.4) is 0 Å². The summed E-state index contributed by atoms with van der Waals surface area (Å²) >= 11 is 13.6. The highest BCUT2D eigenvalue weighted by Gasteiger charge is 2.18. The predicted molar refractivity (Wildman–Crippen MR) is 102 cm³/mol. The Morgan fingerprint density at radius 3 is 2.48 bits per heavy atom. The summed E-state index contributed by atoms with van der Waals surface area (Å²) < 4.78 is 1.91. The SMILES string of the molecule is Cc1ccc(-n2c(SC(C)C#N)nnc2-c2ccc(Cl)cc2)cc1Cl. The minimum Gasteiger partial charge on any atom is -0.270 e. The molecule has 1 atom stereocenters. The molecule has 3 aromatic rings. The molecular weight excluding hydrogens is 375 g/mol. The van der Waals surface area contributed by atoms with Gasteiger partial charge in [-0.15, -0.1) is 10.2 Å². The van der Waals surface area contributed by atoms with Crippen LogP contribution in [-0.4, -0.2) is 20.0 Å². The smallest absolute Gasteiger partial charge is 0.197 e. The molecule has 1 heterocycles. The van der Waals surface area contributed by atoms with Crippen LogP contribution in [0.4, 0.5) is 0 Å². The largest absolute Gasteiger partial charge is 0.270 e. The molecular formula is C18H14Cl2N4S. The fourth-order valence-electron chi connectivity index (χ4n) is 2.27. The number of hydrogen-bond donors (Lipinski definition) is 0. The first-order valence-electron chi connectivity index (χ1n) is 7.53. The Hall–Kier alpha value is -2.00. The van der Waals surface area contributed by atoms with Crippen molar-refractivity contribution in [2.75, 3.05) is 0 Å². The minimum atomic E-state index is -0.248. The zero-order chi connectivity index (χ0) is 18.0. The van der Waals surface area contributed by atoms with Gasteiger partial charge in [0.1, 0.15) is 0 Å². The van der Waals surface area contributed by atoms with Crippen LogP contribution in [0.1, 0.15) is 12.5 Å². The lowest BCUT2D eigenvalue weighted by molar-refractivity contribution is 0.883. The summed E-state index contributed by atoms with van der Waals surface area (Å²) in [6.45, 7) is 3.78. The van der Waals surface area contributed by atoms with Crippen LogP contribution in [0.25, 0.3) is 17.1 Å². The van der Waals surface area contributed by atoms with Crippen LogP contribution in [-0.2, 0) is 0 Å². The van der Waals surface area contributed by atoms with E-state index in [1.807, 2.05) is 60.9 Å². The lowest BCUT2D eigenvalue weighted by atomic mass is 10.2. The van der Waals surface area contributed by atoms with Gasteiger partial charge >= 0.3 is 0 Å². The van der Waals surface area contributed by atoms with Crippen molar-refractivity contribution in [2.45, 2.75) is 24.3 Å². The first-order valence-corrected chi connectivity index (χ1v) is 9.17. The number of hydrogen-bond acceptors (Lipinski definition) is 4. The number of thioether (sulfide) groups is 1. The lowest BCUT2D eigenvalue weighted by Gasteiger charge is -2.12. The van der Waals surface area contributed by atoms with E-state index in [2.05, 4.69) is 16.3 Å². The molecule has 126 valence electrons. The van der Waals surface area contributed by atoms with E-state index in [0.717, 1.165) is 16.8 Å². The van der Waals surface area contributed by atoms with Crippen LogP contribution in [0.2, 0.25) is 10.0 Å². The number of halogens is 2. The Bertz CT molecular complexity index is 945. The van der Waals surface area contributed by atoms with E-state index < -0.39 is 0 Å². The van der Waals surface area contributed by atoms with E-state index in [0.29, 0.717) is 21.0 Å². The fourth-order valence-corrected chi connectivity index (χ4v) is 3.33. The van der Waals surface area contributed by atoms with Gasteiger partial charge in [-0.2, -0.15) is 5.26 Å². The number of benzene rings is 2. The zero-order valence-corrected chi connectivity index (χ0v) is 15.9. The molecule has 4 nitrogen and oxygen atoms in total. The highest BCUT2D eigenvalue weighted by Crippen LogP contribution is 2.31. The topological polar surface area (TPSA) is 54.5 Å². The minimum absolute atomic E-state index is 0.248. The Labute approximate surface area is 160 Å². The van der Waals surface area contributed by atoms with Gasteiger partial charge in [0.2, 0.25) is 0 Å². The first kappa shape index (κ1) is 17.8. The van der Waals surface area contributed by atoms with Crippen molar-refractivity contribution in [3.05, 3.63) is 58.1 Å². The summed E-state index contributed by atoms with van der Waals surface area (Å²) in [4.78, 5) is 0. The molecule has 0 aliphatic rings. The monoisotopic (exact) mass is 388 g/mol. The van der Waals surface area contributed by atoms with Gasteiger partial charge in [0.15, 0.2) is 11.0 Å². The lowest BCUT2D eigenvalue weighted by Crippen LogP contribution is -2.02. The fraction of sp³-hybridized carbons (Fsp3) is 0.167. The van der Waals surface area contributed by atoms with E-state index in [-0.39, 0.29) is 5.25 Å². The van der Waals surface area contributed by atoms with Gasteiger partial charge in [-0.25, -0.2) is 0 Å². The number of rotatable bonds is 4. The van der Waals surface area contributed by atoms with Gasteiger partial charge in [0.25, 0.3) is 0 Å². The number of nitrogens with zero attached hydrogens (tertiary/aromatic N) is 4. The van der Waals surface area contributed by atoms with Crippen molar-refractivity contribution in [3.8, 4) is 23.1 Å². The van der Waals surface area contributed by atoms with E-state index >= 15 is 0 Å². The van der Waals surface area contributed by atoms with Crippen LogP contribution in [0.5, 0.6) is 0 Å². The van der Waals surface area contributed by atoms with Crippen molar-refractivity contribution in [1.29, 1.82) is 5.26 Å². The molecule has 0 aliphatic carbocycles. The normalized spacial score (nSPS) is 12.0. The molecule has 1 aromatic heterocycles. The molecule has 0 aliphatic heterocycles. The van der Waals surface area contributed by atoms with E-state index in [4.69, 9.17) is 28.5 Å². The third-order valence-corrected chi connectivity index (χ3v) is 5.21. The van der Waals surface area contributed by atoms with Crippen LogP contribution in [0.15, 0.2) is 47.6 Å². The molecule has 0 N–H and O–H groups in total. The van der Waals surface area contributed by atoms with Gasteiger partial charge in [-0.1, -0.05) is 41.0 Å². The molecule has 2 aromatic carbocycles. The third kappa shape index (κ3) is 3.82. The van der Waals surface area contributed by atoms with Gasteiger partial charge < -0.3 is 0 Å². The van der Waals surface area contributed by atoms with Gasteiger partial charge in [-0.3, -0.25) is 4.57 Å². The highest BCUT2D eigenvalue weighted by molar-refractivity contribution is 8.00. The van der Waals surface area contributed by atoms with Crippen LogP contribution < -0.4 is 0 Å². The standard InChI is InChI=1S/C18H14Cl2N4S/c1-11-3-8-15(9-16(11)20)24-17(13-4-6-14(19)7-5-13)22-23-18(24)25-12(2)10-21/h3-9,12H,1-2H3. The molecule has 0 saturated heterocycles. The zero-order valence-electron chi connectivity index (χ0n) is 13.6. The third-order valence-electron chi connectivity index (χ3n) is 3.61. The number of aromatic nitrogens is 3. The summed E-state index contributed by atoms with van der Waals surface area (Å²) in [6, 6.07) is 15.4. The molecule has 3 rings (SSSR count). The number of aryl methyl sites for hydroxylation is 1. The second kappa shape index (κ2) is 7.49. The van der Waals surface area contributed by atoms with Crippen molar-refractivity contribution in [1.82, 2.24) is 14.8 Å². The molecule has 25 heavy (non-hydrogen) atoms. The van der Waals surface area contributed by atoms with Crippen molar-refractivity contribution < 1.29 is 0 Å². The molecule has 0 saturated carbocycles. The van der Waals surface area contributed by atoms with Crippen molar-refractivity contribution in [2.24, 2.45) is 0 Å². The average molecular weight is 389 g/mol. The average Bonchev–Trinajstić information content (AvgIpc) is 3.01. The molecule has 0 amide bonds. The summed E-state index contributed by atoms with van der Waals surface area (Å²) in [6.07, 6.45) is 0. The quantitative estimate of drug-likeness (QED) is 0.549. The maximum Gasteiger partial charge on any atom is 0.197 e. The van der Waals surface area contributed by atoms with Crippen molar-refractivity contribution >= 4 is 35.0 Å². The van der Waals surface area contributed by atoms with Gasteiger partial charge in [0.05, 0.1) is 17.0 Å². The Balaban J connectivity index is 2.17. The maximum absolute atomic E-state index is 9.13. The van der Waals surface area contributed by atoms with Crippen LogP contribution in [0, 0.1) is 18.3 Å². The van der Waals surface area contributed by atoms with Crippen molar-refractivity contribution in [3.63, 3.8) is 0 Å². The van der Waals surface area contributed by atoms with E-state index in [1.54, 1.807) is 0 Å². The molecule has 0 fully saturated rings. The van der Waals surface area contributed by atoms with E-state index in [1.165, 1.54) is 11.8 Å². The molecule has 0 bridgehead atoms. The second-order valence-corrected chi connectivity index (χ2v) is 7.62. The van der Waals surface area contributed by atoms with Gasteiger partial charge in [-0.05, 0) is 55.8 Å². The molecule has 7 heteroatoms. The molecule has 1 unspecified atom stereocenters. The highest BCUT2D eigenvalue weighted by atomic mass is 35.5. The summed E-state index contributed by atoms with van der Waals surface area (Å²) in [5.41, 5.74) is 2.72. The van der Waals surface area contributed by atoms with Gasteiger partial charge in [0, 0.05) is 15.6 Å². The summed E-state index contributed by atoms with van der Waals surface area (Å²) in [7, 11) is 0. The first-order chi connectivity index (χ1) is 12.0. The Morgan fingerprint density at radius 2 is 1.84 bits per heavy atom. The Kier molecular flexibility index (Phi) is 5.33. The summed E-state index contributed by atoms with van der Waals surface area (Å²) in [5, 5.41) is 19.4. The Morgan fingerprint density at radius 1 is 1.12 bits per heavy atom.